The summed E-state index contributed by atoms with van der Waals surface area (Å²) < 4.78 is 1.57. The second-order valence-electron chi connectivity index (χ2n) is 8.04. The summed E-state index contributed by atoms with van der Waals surface area (Å²) in [4.78, 5) is 34.8. The third-order valence-corrected chi connectivity index (χ3v) is 6.50. The summed E-state index contributed by atoms with van der Waals surface area (Å²) in [5.41, 5.74) is 1.73. The first-order chi connectivity index (χ1) is 16.0. The number of rotatable bonds is 4. The van der Waals surface area contributed by atoms with Crippen molar-refractivity contribution in [2.75, 3.05) is 13.1 Å². The van der Waals surface area contributed by atoms with Crippen LogP contribution in [0.25, 0.3) is 11.2 Å². The Morgan fingerprint density at radius 1 is 1.09 bits per heavy atom. The van der Waals surface area contributed by atoms with Crippen LogP contribution in [-0.4, -0.2) is 48.9 Å². The number of halogens is 2. The maximum Gasteiger partial charge on any atom is 0.281 e. The summed E-state index contributed by atoms with van der Waals surface area (Å²) in [5, 5.41) is 9.16. The lowest BCUT2D eigenvalue weighted by atomic mass is 9.95. The third-order valence-electron chi connectivity index (χ3n) is 5.92. The van der Waals surface area contributed by atoms with Crippen LogP contribution >= 0.6 is 23.2 Å². The van der Waals surface area contributed by atoms with E-state index in [9.17, 15) is 9.59 Å². The zero-order chi connectivity index (χ0) is 22.9. The Balaban J connectivity index is 1.37. The number of amides is 1. The molecule has 0 bridgehead atoms. The van der Waals surface area contributed by atoms with Crippen molar-refractivity contribution in [3.8, 4) is 0 Å². The van der Waals surface area contributed by atoms with Crippen LogP contribution in [-0.2, 0) is 6.54 Å². The average Bonchev–Trinajstić information content (AvgIpc) is 3.24. The Morgan fingerprint density at radius 2 is 1.85 bits per heavy atom. The highest BCUT2D eigenvalue weighted by Gasteiger charge is 2.27. The molecule has 0 atom stereocenters. The maximum atomic E-state index is 12.7. The van der Waals surface area contributed by atoms with Crippen LogP contribution in [0.15, 0.2) is 53.3 Å². The van der Waals surface area contributed by atoms with Crippen molar-refractivity contribution in [1.29, 1.82) is 0 Å². The van der Waals surface area contributed by atoms with E-state index in [1.54, 1.807) is 16.8 Å². The van der Waals surface area contributed by atoms with E-state index in [0.29, 0.717) is 59.6 Å². The zero-order valence-corrected chi connectivity index (χ0v) is 19.1. The summed E-state index contributed by atoms with van der Waals surface area (Å²) >= 11 is 12.3. The number of benzene rings is 2. The molecule has 1 aliphatic rings. The van der Waals surface area contributed by atoms with Crippen LogP contribution in [0.2, 0.25) is 10.0 Å². The molecule has 1 aliphatic heterocycles. The number of fused-ring (bicyclic) bond motifs is 1. The first-order valence-corrected chi connectivity index (χ1v) is 11.4. The SMILES string of the molecule is O=C(c1ccccc1)N1CCC(c2nc3c(nnn3Cc3ccc(Cl)cc3Cl)c(=O)[nH]2)CC1. The highest BCUT2D eigenvalue weighted by atomic mass is 35.5. The number of nitrogens with zero attached hydrogens (tertiary/aromatic N) is 5. The Hall–Kier alpha value is -3.23. The minimum Gasteiger partial charge on any atom is -0.339 e. The molecule has 0 spiro atoms. The predicted octanol–water partition coefficient (Wildman–Crippen LogP) is 3.89. The lowest BCUT2D eigenvalue weighted by Crippen LogP contribution is -2.38. The van der Waals surface area contributed by atoms with Crippen LogP contribution in [0.5, 0.6) is 0 Å². The van der Waals surface area contributed by atoms with Crippen molar-refractivity contribution in [1.82, 2.24) is 29.9 Å². The zero-order valence-electron chi connectivity index (χ0n) is 17.5. The van der Waals surface area contributed by atoms with E-state index in [0.717, 1.165) is 5.56 Å². The van der Waals surface area contributed by atoms with E-state index < -0.39 is 0 Å². The van der Waals surface area contributed by atoms with Gasteiger partial charge in [0.25, 0.3) is 11.5 Å². The molecule has 8 nitrogen and oxygen atoms in total. The normalized spacial score (nSPS) is 14.7. The van der Waals surface area contributed by atoms with Crippen LogP contribution in [0.3, 0.4) is 0 Å². The molecule has 1 N–H and O–H groups in total. The highest BCUT2D eigenvalue weighted by Crippen LogP contribution is 2.27. The molecule has 1 amide bonds. The van der Waals surface area contributed by atoms with Crippen LogP contribution in [0.4, 0.5) is 0 Å². The summed E-state index contributed by atoms with van der Waals surface area (Å²) in [6, 6.07) is 14.5. The van der Waals surface area contributed by atoms with Crippen LogP contribution < -0.4 is 5.56 Å². The van der Waals surface area contributed by atoms with Crippen LogP contribution in [0, 0.1) is 0 Å². The molecule has 0 radical (unpaired) electrons. The average molecular weight is 483 g/mol. The predicted molar refractivity (Wildman–Crippen MR) is 126 cm³/mol. The van der Waals surface area contributed by atoms with Gasteiger partial charge < -0.3 is 9.88 Å². The highest BCUT2D eigenvalue weighted by molar-refractivity contribution is 6.35. The second-order valence-corrected chi connectivity index (χ2v) is 8.88. The number of carbonyl (C=O) groups excluding carboxylic acids is 1. The van der Waals surface area contributed by atoms with Gasteiger partial charge >= 0.3 is 0 Å². The first-order valence-electron chi connectivity index (χ1n) is 10.6. The minimum atomic E-state index is -0.328. The number of nitrogens with one attached hydrogen (secondary N) is 1. The number of aromatic nitrogens is 5. The van der Waals surface area contributed by atoms with Gasteiger partial charge in [-0.1, -0.05) is 52.7 Å². The van der Waals surface area contributed by atoms with Crippen molar-refractivity contribution in [3.05, 3.63) is 85.9 Å². The van der Waals surface area contributed by atoms with Crippen LogP contribution in [0.1, 0.15) is 40.5 Å². The largest absolute Gasteiger partial charge is 0.339 e. The third kappa shape index (κ3) is 4.36. The summed E-state index contributed by atoms with van der Waals surface area (Å²) in [6.45, 7) is 1.50. The maximum absolute atomic E-state index is 12.7. The number of carbonyl (C=O) groups is 1. The smallest absolute Gasteiger partial charge is 0.281 e. The fourth-order valence-corrected chi connectivity index (χ4v) is 4.58. The van der Waals surface area contributed by atoms with Gasteiger partial charge in [0.05, 0.1) is 6.54 Å². The van der Waals surface area contributed by atoms with Gasteiger partial charge in [-0.05, 0) is 42.7 Å². The molecule has 168 valence electrons. The van der Waals surface area contributed by atoms with Crippen molar-refractivity contribution in [3.63, 3.8) is 0 Å². The minimum absolute atomic E-state index is 0.0214. The molecule has 5 rings (SSSR count). The molecule has 2 aromatic heterocycles. The van der Waals surface area contributed by atoms with Gasteiger partial charge in [-0.3, -0.25) is 9.59 Å². The van der Waals surface area contributed by atoms with Gasteiger partial charge in [-0.25, -0.2) is 9.67 Å². The van der Waals surface area contributed by atoms with Crippen molar-refractivity contribution in [2.24, 2.45) is 0 Å². The van der Waals surface area contributed by atoms with Gasteiger partial charge in [0, 0.05) is 34.6 Å². The van der Waals surface area contributed by atoms with E-state index in [4.69, 9.17) is 28.2 Å². The Kier molecular flexibility index (Phi) is 5.86. The van der Waals surface area contributed by atoms with Gasteiger partial charge in [-0.15, -0.1) is 5.10 Å². The number of hydrogen-bond donors (Lipinski definition) is 1. The quantitative estimate of drug-likeness (QED) is 0.475. The number of piperidine rings is 1. The number of H-pyrrole nitrogens is 1. The fraction of sp³-hybridized carbons (Fsp3) is 0.261. The second kappa shape index (κ2) is 8.96. The standard InChI is InChI=1S/C23H20Cl2N6O2/c24-17-7-6-16(18(25)12-17)13-31-21-19(28-29-31)22(32)27-20(26-21)14-8-10-30(11-9-14)23(33)15-4-2-1-3-5-15/h1-7,12,14H,8-11,13H2,(H,26,27,32). The molecule has 1 saturated heterocycles. The van der Waals surface area contributed by atoms with E-state index in [1.807, 2.05) is 41.3 Å². The van der Waals surface area contributed by atoms with Gasteiger partial charge in [0.1, 0.15) is 5.82 Å². The Labute approximate surface area is 199 Å². The lowest BCUT2D eigenvalue weighted by molar-refractivity contribution is 0.0711. The molecule has 0 saturated carbocycles. The molecule has 0 aliphatic carbocycles. The Morgan fingerprint density at radius 3 is 2.58 bits per heavy atom. The summed E-state index contributed by atoms with van der Waals surface area (Å²) in [6.07, 6.45) is 1.41. The van der Waals surface area contributed by atoms with Gasteiger partial charge in [0.2, 0.25) is 0 Å². The lowest BCUT2D eigenvalue weighted by Gasteiger charge is -2.31. The molecule has 2 aromatic carbocycles. The molecule has 10 heteroatoms. The molecule has 1 fully saturated rings. The molecular formula is C23H20Cl2N6O2. The van der Waals surface area contributed by atoms with E-state index in [2.05, 4.69) is 15.3 Å². The van der Waals surface area contributed by atoms with E-state index in [1.165, 1.54) is 0 Å². The first kappa shape index (κ1) is 21.6. The van der Waals surface area contributed by atoms with Crippen molar-refractivity contribution < 1.29 is 4.79 Å². The molecule has 3 heterocycles. The Bertz CT molecular complexity index is 1380. The molecule has 4 aromatic rings. The van der Waals surface area contributed by atoms with Gasteiger partial charge in [0.15, 0.2) is 11.2 Å². The topological polar surface area (TPSA) is 96.8 Å². The summed E-state index contributed by atoms with van der Waals surface area (Å²) in [7, 11) is 0. The number of aromatic amines is 1. The number of hydrogen-bond acceptors (Lipinski definition) is 5. The van der Waals surface area contributed by atoms with Crippen molar-refractivity contribution >= 4 is 40.3 Å². The van der Waals surface area contributed by atoms with Gasteiger partial charge in [-0.2, -0.15) is 0 Å². The molecular weight excluding hydrogens is 463 g/mol. The molecule has 33 heavy (non-hydrogen) atoms. The molecule has 0 unspecified atom stereocenters. The van der Waals surface area contributed by atoms with E-state index >= 15 is 0 Å². The van der Waals surface area contributed by atoms with Crippen molar-refractivity contribution in [2.45, 2.75) is 25.3 Å². The monoisotopic (exact) mass is 482 g/mol. The number of likely N-dealkylation sites (tertiary alicyclic amines) is 1. The fourth-order valence-electron chi connectivity index (χ4n) is 4.11. The summed E-state index contributed by atoms with van der Waals surface area (Å²) in [5.74, 6) is 0.641. The van der Waals surface area contributed by atoms with E-state index in [-0.39, 0.29) is 22.9 Å².